The molecule has 67 heavy (non-hydrogen) atoms. The van der Waals surface area contributed by atoms with Crippen LogP contribution in [-0.2, 0) is 44.8 Å². The van der Waals surface area contributed by atoms with Crippen LogP contribution in [0.2, 0.25) is 0 Å². The minimum absolute atomic E-state index is 0.0936. The summed E-state index contributed by atoms with van der Waals surface area (Å²) in [5.41, 5.74) is 33.3. The number of aliphatic hydroxyl groups is 1. The summed E-state index contributed by atoms with van der Waals surface area (Å²) in [6.45, 7) is 0.746. The van der Waals surface area contributed by atoms with E-state index in [4.69, 9.17) is 34.4 Å². The molecule has 1 fully saturated rings. The Hall–Kier alpha value is -6.22. The van der Waals surface area contributed by atoms with Gasteiger partial charge in [0.15, 0.2) is 5.96 Å². The Labute approximate surface area is 390 Å². The molecule has 0 spiro atoms. The molecule has 1 aromatic rings. The summed E-state index contributed by atoms with van der Waals surface area (Å²) in [5, 5.41) is 28.5. The lowest BCUT2D eigenvalue weighted by Crippen LogP contribution is -2.58. The van der Waals surface area contributed by atoms with Crippen molar-refractivity contribution in [1.29, 1.82) is 0 Å². The summed E-state index contributed by atoms with van der Waals surface area (Å²) in [4.78, 5) is 119. The van der Waals surface area contributed by atoms with Crippen molar-refractivity contribution < 1.29 is 43.5 Å². The molecule has 2 heterocycles. The normalized spacial score (nSPS) is 15.8. The van der Waals surface area contributed by atoms with E-state index in [0.717, 1.165) is 0 Å². The van der Waals surface area contributed by atoms with Crippen LogP contribution in [0.3, 0.4) is 0 Å². The number of rotatable bonds is 33. The van der Waals surface area contributed by atoms with Gasteiger partial charge in [0.1, 0.15) is 35.9 Å². The van der Waals surface area contributed by atoms with Crippen LogP contribution < -0.4 is 71.6 Å². The zero-order chi connectivity index (χ0) is 49.7. The number of aliphatic imine (C=N–C) groups is 1. The van der Waals surface area contributed by atoms with Crippen molar-refractivity contribution in [1.82, 2.24) is 52.1 Å². The second-order valence-corrected chi connectivity index (χ2v) is 16.0. The Balaban J connectivity index is 2.25. The maximum Gasteiger partial charge on any atom is 0.264 e. The van der Waals surface area contributed by atoms with Crippen molar-refractivity contribution >= 4 is 53.2 Å². The topological polar surface area (TPSA) is 441 Å². The molecule has 6 atom stereocenters. The van der Waals surface area contributed by atoms with E-state index in [9.17, 15) is 43.5 Å². The van der Waals surface area contributed by atoms with Crippen LogP contribution in [0.15, 0.2) is 29.3 Å². The van der Waals surface area contributed by atoms with E-state index in [2.05, 4.69) is 52.2 Å². The number of carbonyl (C=O) groups is 8. The summed E-state index contributed by atoms with van der Waals surface area (Å²) >= 11 is 0. The maximum atomic E-state index is 14.1. The zero-order valence-electron chi connectivity index (χ0n) is 38.4. The van der Waals surface area contributed by atoms with Gasteiger partial charge in [-0.2, -0.15) is 0 Å². The molecular formula is C41H73N17O9. The molecule has 0 bridgehead atoms. The van der Waals surface area contributed by atoms with E-state index in [1.807, 2.05) is 0 Å². The molecule has 8 amide bonds. The Morgan fingerprint density at radius 1 is 0.851 bits per heavy atom. The third-order valence-corrected chi connectivity index (χ3v) is 10.6. The third-order valence-electron chi connectivity index (χ3n) is 10.6. The second-order valence-electron chi connectivity index (χ2n) is 16.0. The van der Waals surface area contributed by atoms with E-state index in [1.54, 1.807) is 7.05 Å². The molecule has 1 aliphatic heterocycles. The summed E-state index contributed by atoms with van der Waals surface area (Å²) in [5.74, 6) is -5.82. The van der Waals surface area contributed by atoms with Gasteiger partial charge in [0.2, 0.25) is 41.4 Å². The fourth-order valence-corrected chi connectivity index (χ4v) is 7.05. The molecule has 26 heteroatoms. The quantitative estimate of drug-likeness (QED) is 0.0135. The Kier molecular flexibility index (Phi) is 26.9. The van der Waals surface area contributed by atoms with Crippen LogP contribution in [0, 0.1) is 0 Å². The van der Waals surface area contributed by atoms with Crippen molar-refractivity contribution in [2.24, 2.45) is 39.4 Å². The predicted molar refractivity (Wildman–Crippen MR) is 247 cm³/mol. The SMILES string of the molecule is CNCCCC[C@H](NC(=O)C[C@@H](O)CN)C(=O)NCC(=O)N[C@H](CCCN)C(=O)N1CCC[C@H]1C(=O)NC(Cc1cnc[nH]1)C(=O)N[C@@H](CCCCN)C(=O)N/C(=C\CCN=C(N)N)C(N)=O. The molecule has 26 nitrogen and oxygen atoms in total. The first-order chi connectivity index (χ1) is 32.0. The van der Waals surface area contributed by atoms with Gasteiger partial charge in [-0.1, -0.05) is 6.08 Å². The highest BCUT2D eigenvalue weighted by atomic mass is 16.3. The number of H-pyrrole nitrogens is 1. The summed E-state index contributed by atoms with van der Waals surface area (Å²) < 4.78 is 0. The number of hydrogen-bond donors (Lipinski definition) is 15. The predicted octanol–water partition coefficient (Wildman–Crippen LogP) is -5.89. The lowest BCUT2D eigenvalue weighted by molar-refractivity contribution is -0.142. The number of amides is 8. The molecule has 21 N–H and O–H groups in total. The molecule has 0 radical (unpaired) electrons. The highest BCUT2D eigenvalue weighted by Gasteiger charge is 2.39. The number of unbranched alkanes of at least 4 members (excludes halogenated alkanes) is 2. The number of guanidine groups is 1. The average molecular weight is 948 g/mol. The fraction of sp³-hybridized carbons (Fsp3) is 0.659. The van der Waals surface area contributed by atoms with Crippen LogP contribution in [0.5, 0.6) is 0 Å². The van der Waals surface area contributed by atoms with E-state index in [1.165, 1.54) is 23.5 Å². The van der Waals surface area contributed by atoms with Crippen LogP contribution in [0.25, 0.3) is 0 Å². The molecule has 1 aromatic heterocycles. The summed E-state index contributed by atoms with van der Waals surface area (Å²) in [6.07, 6.45) is 6.48. The molecule has 1 saturated heterocycles. The summed E-state index contributed by atoms with van der Waals surface area (Å²) in [7, 11) is 1.78. The lowest BCUT2D eigenvalue weighted by Gasteiger charge is -2.30. The number of aromatic amines is 1. The standard InChI is InChI=1S/C41H73N17O9/c1-48-16-5-3-10-28(53-33(60)20-26(59)21-44)36(63)51-23-34(61)54-30(11-6-15-43)40(67)58-18-8-13-32(58)39(66)57-31(19-25-22-49-24-52-25)38(65)56-29(9-2-4-14-42)37(64)55-27(35(45)62)12-7-17-50-41(46)47/h12,22,24,26,28-32,48,59H,2-11,13-21,23,42-44H2,1H3,(H2,45,62)(H,49,52)(H,51,63)(H,53,60)(H,54,61)(H,55,64)(H,56,65)(H,57,66)(H4,46,47,50)/b27-12-/t26-,28+,29+,30-,31?,32+/m1/s1. The van der Waals surface area contributed by atoms with Gasteiger partial charge in [-0.25, -0.2) is 4.98 Å². The first-order valence-corrected chi connectivity index (χ1v) is 22.6. The lowest BCUT2D eigenvalue weighted by atomic mass is 10.1. The van der Waals surface area contributed by atoms with E-state index in [-0.39, 0.29) is 82.8 Å². The van der Waals surface area contributed by atoms with E-state index in [0.29, 0.717) is 57.3 Å². The van der Waals surface area contributed by atoms with Crippen LogP contribution in [0.4, 0.5) is 0 Å². The number of primary amides is 1. The van der Waals surface area contributed by atoms with Gasteiger partial charge in [-0.3, -0.25) is 43.3 Å². The number of nitrogens with two attached hydrogens (primary N) is 6. The monoisotopic (exact) mass is 948 g/mol. The van der Waals surface area contributed by atoms with Gasteiger partial charge in [0.25, 0.3) is 5.91 Å². The number of likely N-dealkylation sites (tertiary alicyclic amines) is 1. The molecular weight excluding hydrogens is 875 g/mol. The third kappa shape index (κ3) is 21.8. The van der Waals surface area contributed by atoms with Crippen LogP contribution in [0.1, 0.15) is 82.7 Å². The Bertz CT molecular complexity index is 1810. The molecule has 0 aromatic carbocycles. The molecule has 1 aliphatic rings. The largest absolute Gasteiger partial charge is 0.391 e. The van der Waals surface area contributed by atoms with Gasteiger partial charge in [-0.05, 0) is 97.3 Å². The molecule has 376 valence electrons. The van der Waals surface area contributed by atoms with Gasteiger partial charge in [0.05, 0.1) is 25.4 Å². The minimum atomic E-state index is -1.29. The maximum absolute atomic E-state index is 14.1. The number of aliphatic hydroxyl groups excluding tert-OH is 1. The smallest absolute Gasteiger partial charge is 0.264 e. The highest BCUT2D eigenvalue weighted by molar-refractivity contribution is 6.00. The number of carbonyl (C=O) groups excluding carboxylic acids is 8. The van der Waals surface area contributed by atoms with E-state index >= 15 is 0 Å². The first kappa shape index (κ1) is 56.9. The number of nitrogens with zero attached hydrogens (tertiary/aromatic N) is 3. The fourth-order valence-electron chi connectivity index (χ4n) is 7.05. The second kappa shape index (κ2) is 31.7. The number of aromatic nitrogens is 2. The van der Waals surface area contributed by atoms with Crippen LogP contribution >= 0.6 is 0 Å². The molecule has 2 rings (SSSR count). The van der Waals surface area contributed by atoms with Gasteiger partial charge in [-0.15, -0.1) is 0 Å². The van der Waals surface area contributed by atoms with Crippen molar-refractivity contribution in [3.8, 4) is 0 Å². The van der Waals surface area contributed by atoms with Gasteiger partial charge >= 0.3 is 0 Å². The number of imidazole rings is 1. The van der Waals surface area contributed by atoms with Crippen molar-refractivity contribution in [2.45, 2.75) is 120 Å². The van der Waals surface area contributed by atoms with Gasteiger partial charge in [0, 0.05) is 37.9 Å². The zero-order valence-corrected chi connectivity index (χ0v) is 38.4. The van der Waals surface area contributed by atoms with Crippen molar-refractivity contribution in [3.63, 3.8) is 0 Å². The van der Waals surface area contributed by atoms with Crippen molar-refractivity contribution in [2.75, 3.05) is 52.9 Å². The van der Waals surface area contributed by atoms with E-state index < -0.39 is 90.1 Å². The van der Waals surface area contributed by atoms with Crippen LogP contribution in [-0.4, -0.2) is 162 Å². The molecule has 1 unspecified atom stereocenters. The minimum Gasteiger partial charge on any atom is -0.391 e. The molecule has 0 aliphatic carbocycles. The summed E-state index contributed by atoms with van der Waals surface area (Å²) in [6, 6.07) is -5.70. The highest BCUT2D eigenvalue weighted by Crippen LogP contribution is 2.20. The number of hydrogen-bond acceptors (Lipinski definition) is 15. The first-order valence-electron chi connectivity index (χ1n) is 22.6. The average Bonchev–Trinajstić information content (AvgIpc) is 4.01. The molecule has 0 saturated carbocycles. The Morgan fingerprint density at radius 2 is 1.52 bits per heavy atom. The Morgan fingerprint density at radius 3 is 2.15 bits per heavy atom. The van der Waals surface area contributed by atoms with Gasteiger partial charge < -0.3 is 86.6 Å². The number of nitrogens with one attached hydrogen (secondary N) is 8. The van der Waals surface area contributed by atoms with Crippen molar-refractivity contribution in [3.05, 3.63) is 30.0 Å².